The van der Waals surface area contributed by atoms with Crippen LogP contribution in [0.15, 0.2) is 170 Å². The molecule has 0 saturated carbocycles. The van der Waals surface area contributed by atoms with Gasteiger partial charge in [0.2, 0.25) is 0 Å². The van der Waals surface area contributed by atoms with E-state index < -0.39 is 0 Å². The summed E-state index contributed by atoms with van der Waals surface area (Å²) in [6, 6.07) is 55.8. The third-order valence-electron chi connectivity index (χ3n) is 8.60. The first-order valence-corrected chi connectivity index (χ1v) is 15.4. The standard InChI is InChI=1S/C42H31N3O/c1-46-37-23-21-34(22-24-37)44(36-12-7-11-33(29-36)30-9-3-2-4-10-30)40-15-8-16-41-42(40)38-13-5-6-14-39(38)45(41)35-19-17-31(18-20-35)32-25-27-43-28-26-32/h2-29H,1H3. The van der Waals surface area contributed by atoms with Crippen molar-refractivity contribution in [1.29, 1.82) is 0 Å². The van der Waals surface area contributed by atoms with Crippen molar-refractivity contribution in [3.05, 3.63) is 170 Å². The lowest BCUT2D eigenvalue weighted by atomic mass is 10.0. The molecule has 0 unspecified atom stereocenters. The summed E-state index contributed by atoms with van der Waals surface area (Å²) in [7, 11) is 1.70. The van der Waals surface area contributed by atoms with Crippen LogP contribution in [0.3, 0.4) is 0 Å². The number of fused-ring (bicyclic) bond motifs is 3. The third-order valence-corrected chi connectivity index (χ3v) is 8.60. The number of benzene rings is 6. The smallest absolute Gasteiger partial charge is 0.119 e. The molecule has 0 aliphatic carbocycles. The van der Waals surface area contributed by atoms with Crippen LogP contribution < -0.4 is 9.64 Å². The number of anilines is 3. The molecule has 0 N–H and O–H groups in total. The van der Waals surface area contributed by atoms with Gasteiger partial charge in [-0.1, -0.05) is 78.9 Å². The van der Waals surface area contributed by atoms with Gasteiger partial charge in [-0.15, -0.1) is 0 Å². The zero-order chi connectivity index (χ0) is 30.9. The average Bonchev–Trinajstić information content (AvgIpc) is 3.48. The van der Waals surface area contributed by atoms with Crippen molar-refractivity contribution >= 4 is 38.9 Å². The summed E-state index contributed by atoms with van der Waals surface area (Å²) in [5, 5.41) is 2.39. The molecule has 46 heavy (non-hydrogen) atoms. The molecule has 2 heterocycles. The number of hydrogen-bond donors (Lipinski definition) is 0. The normalized spacial score (nSPS) is 11.2. The summed E-state index contributed by atoms with van der Waals surface area (Å²) in [5.74, 6) is 0.826. The van der Waals surface area contributed by atoms with Crippen molar-refractivity contribution < 1.29 is 4.74 Å². The van der Waals surface area contributed by atoms with Crippen LogP contribution in [-0.4, -0.2) is 16.7 Å². The topological polar surface area (TPSA) is 30.3 Å². The Bertz CT molecular complexity index is 2270. The first-order valence-electron chi connectivity index (χ1n) is 15.4. The van der Waals surface area contributed by atoms with Gasteiger partial charge in [0.1, 0.15) is 5.75 Å². The van der Waals surface area contributed by atoms with Gasteiger partial charge in [-0.2, -0.15) is 0 Å². The first kappa shape index (κ1) is 27.4. The van der Waals surface area contributed by atoms with Crippen molar-refractivity contribution in [2.75, 3.05) is 12.0 Å². The molecule has 8 aromatic rings. The van der Waals surface area contributed by atoms with Gasteiger partial charge in [-0.3, -0.25) is 4.98 Å². The zero-order valence-corrected chi connectivity index (χ0v) is 25.4. The van der Waals surface area contributed by atoms with E-state index in [1.807, 2.05) is 36.7 Å². The number of rotatable bonds is 7. The molecule has 0 spiro atoms. The van der Waals surface area contributed by atoms with E-state index in [2.05, 4.69) is 148 Å². The van der Waals surface area contributed by atoms with Crippen LogP contribution in [0.1, 0.15) is 0 Å². The van der Waals surface area contributed by atoms with Gasteiger partial charge < -0.3 is 14.2 Å². The van der Waals surface area contributed by atoms with E-state index in [0.717, 1.165) is 50.7 Å². The Morgan fingerprint density at radius 3 is 1.96 bits per heavy atom. The SMILES string of the molecule is COc1ccc(N(c2cccc(-c3ccccc3)c2)c2cccc3c2c2ccccc2n3-c2ccc(-c3ccncc3)cc2)cc1. The molecule has 0 fully saturated rings. The highest BCUT2D eigenvalue weighted by atomic mass is 16.5. The van der Waals surface area contributed by atoms with Crippen molar-refractivity contribution in [2.45, 2.75) is 0 Å². The molecule has 4 heteroatoms. The fourth-order valence-electron chi connectivity index (χ4n) is 6.43. The van der Waals surface area contributed by atoms with Gasteiger partial charge in [0.15, 0.2) is 0 Å². The molecule has 0 amide bonds. The molecule has 0 atom stereocenters. The summed E-state index contributed by atoms with van der Waals surface area (Å²) >= 11 is 0. The third kappa shape index (κ3) is 4.86. The summed E-state index contributed by atoms with van der Waals surface area (Å²) in [6.45, 7) is 0. The van der Waals surface area contributed by atoms with Crippen LogP contribution in [0.5, 0.6) is 5.75 Å². The van der Waals surface area contributed by atoms with Crippen LogP contribution in [0.4, 0.5) is 17.1 Å². The molecular formula is C42H31N3O. The summed E-state index contributed by atoms with van der Waals surface area (Å²) < 4.78 is 7.90. The minimum absolute atomic E-state index is 0.826. The van der Waals surface area contributed by atoms with E-state index in [1.165, 1.54) is 21.9 Å². The number of nitrogens with zero attached hydrogens (tertiary/aromatic N) is 3. The zero-order valence-electron chi connectivity index (χ0n) is 25.4. The Morgan fingerprint density at radius 1 is 0.522 bits per heavy atom. The molecule has 0 radical (unpaired) electrons. The number of hydrogen-bond acceptors (Lipinski definition) is 3. The van der Waals surface area contributed by atoms with E-state index in [1.54, 1.807) is 7.11 Å². The van der Waals surface area contributed by atoms with Crippen molar-refractivity contribution in [3.63, 3.8) is 0 Å². The van der Waals surface area contributed by atoms with Gasteiger partial charge >= 0.3 is 0 Å². The number of pyridine rings is 1. The molecule has 0 aliphatic heterocycles. The lowest BCUT2D eigenvalue weighted by Gasteiger charge is -2.27. The number of methoxy groups -OCH3 is 1. The van der Waals surface area contributed by atoms with Gasteiger partial charge in [0.25, 0.3) is 0 Å². The number of aromatic nitrogens is 2. The molecule has 0 bridgehead atoms. The van der Waals surface area contributed by atoms with E-state index in [4.69, 9.17) is 4.74 Å². The predicted octanol–water partition coefficient (Wildman–Crippen LogP) is 11.0. The maximum atomic E-state index is 5.53. The fourth-order valence-corrected chi connectivity index (χ4v) is 6.43. The van der Waals surface area contributed by atoms with Gasteiger partial charge in [0, 0.05) is 40.2 Å². The highest BCUT2D eigenvalue weighted by Gasteiger charge is 2.21. The quantitative estimate of drug-likeness (QED) is 0.184. The maximum Gasteiger partial charge on any atom is 0.119 e. The minimum atomic E-state index is 0.826. The van der Waals surface area contributed by atoms with Crippen molar-refractivity contribution in [2.24, 2.45) is 0 Å². The second-order valence-corrected chi connectivity index (χ2v) is 11.3. The molecule has 6 aromatic carbocycles. The number of para-hydroxylation sites is 1. The summed E-state index contributed by atoms with van der Waals surface area (Å²) in [5.41, 5.74) is 11.3. The maximum absolute atomic E-state index is 5.53. The Hall–Kier alpha value is -6.13. The average molecular weight is 594 g/mol. The van der Waals surface area contributed by atoms with E-state index >= 15 is 0 Å². The van der Waals surface area contributed by atoms with Crippen LogP contribution >= 0.6 is 0 Å². The Labute approximate surface area is 268 Å². The number of ether oxygens (including phenoxy) is 1. The Morgan fingerprint density at radius 2 is 1.17 bits per heavy atom. The van der Waals surface area contributed by atoms with Gasteiger partial charge in [-0.25, -0.2) is 0 Å². The van der Waals surface area contributed by atoms with Gasteiger partial charge in [0.05, 0.1) is 23.8 Å². The van der Waals surface area contributed by atoms with Crippen molar-refractivity contribution in [1.82, 2.24) is 9.55 Å². The van der Waals surface area contributed by atoms with E-state index in [9.17, 15) is 0 Å². The second kappa shape index (κ2) is 11.8. The van der Waals surface area contributed by atoms with Gasteiger partial charge in [-0.05, 0) is 101 Å². The molecule has 2 aromatic heterocycles. The Balaban J connectivity index is 1.35. The summed E-state index contributed by atoms with van der Waals surface area (Å²) in [6.07, 6.45) is 3.67. The molecule has 8 rings (SSSR count). The molecular weight excluding hydrogens is 562 g/mol. The second-order valence-electron chi connectivity index (χ2n) is 11.3. The first-order chi connectivity index (χ1) is 22.8. The predicted molar refractivity (Wildman–Crippen MR) is 191 cm³/mol. The van der Waals surface area contributed by atoms with E-state index in [0.29, 0.717) is 0 Å². The molecule has 220 valence electrons. The molecule has 4 nitrogen and oxygen atoms in total. The van der Waals surface area contributed by atoms with Crippen LogP contribution in [0, 0.1) is 0 Å². The molecule has 0 saturated heterocycles. The lowest BCUT2D eigenvalue weighted by Crippen LogP contribution is -2.10. The summed E-state index contributed by atoms with van der Waals surface area (Å²) in [4.78, 5) is 6.54. The largest absolute Gasteiger partial charge is 0.497 e. The lowest BCUT2D eigenvalue weighted by molar-refractivity contribution is 0.415. The minimum Gasteiger partial charge on any atom is -0.497 e. The fraction of sp³-hybridized carbons (Fsp3) is 0.0238. The highest BCUT2D eigenvalue weighted by Crippen LogP contribution is 2.44. The van der Waals surface area contributed by atoms with Crippen LogP contribution in [0.25, 0.3) is 49.7 Å². The Kier molecular flexibility index (Phi) is 7.01. The van der Waals surface area contributed by atoms with Crippen molar-refractivity contribution in [3.8, 4) is 33.7 Å². The van der Waals surface area contributed by atoms with Crippen LogP contribution in [-0.2, 0) is 0 Å². The van der Waals surface area contributed by atoms with Crippen LogP contribution in [0.2, 0.25) is 0 Å². The monoisotopic (exact) mass is 593 g/mol. The highest BCUT2D eigenvalue weighted by molar-refractivity contribution is 6.16. The van der Waals surface area contributed by atoms with E-state index in [-0.39, 0.29) is 0 Å². The molecule has 0 aliphatic rings.